The Morgan fingerprint density at radius 2 is 2.36 bits per heavy atom. The zero-order valence-corrected chi connectivity index (χ0v) is 10.2. The molecule has 1 rings (SSSR count). The Bertz CT molecular complexity index is 223. The predicted molar refractivity (Wildman–Crippen MR) is 62.7 cm³/mol. The van der Waals surface area contributed by atoms with Gasteiger partial charge in [0.05, 0.1) is 6.54 Å². The summed E-state index contributed by atoms with van der Waals surface area (Å²) in [4.78, 5) is 0.653. The van der Waals surface area contributed by atoms with Crippen molar-refractivity contribution in [2.75, 3.05) is 13.1 Å². The molecule has 0 bridgehead atoms. The first-order chi connectivity index (χ1) is 6.83. The normalized spacial score (nSPS) is 13.0. The average molecular weight is 260 g/mol. The van der Waals surface area contributed by atoms with E-state index in [0.29, 0.717) is 4.83 Å². The topological polar surface area (TPSA) is 29.9 Å². The number of nitrogens with zero attached hydrogens (tertiary/aromatic N) is 2. The van der Waals surface area contributed by atoms with Crippen molar-refractivity contribution in [2.24, 2.45) is 0 Å². The van der Waals surface area contributed by atoms with Crippen molar-refractivity contribution >= 4 is 15.9 Å². The van der Waals surface area contributed by atoms with Crippen molar-refractivity contribution in [3.8, 4) is 0 Å². The van der Waals surface area contributed by atoms with Gasteiger partial charge in [0, 0.05) is 23.8 Å². The van der Waals surface area contributed by atoms with Crippen molar-refractivity contribution in [1.82, 2.24) is 15.1 Å². The summed E-state index contributed by atoms with van der Waals surface area (Å²) in [6.45, 7) is 5.21. The molecule has 1 unspecified atom stereocenters. The lowest BCUT2D eigenvalue weighted by molar-refractivity contribution is 0.543. The number of hydrogen-bond donors (Lipinski definition) is 1. The predicted octanol–water partition coefficient (Wildman–Crippen LogP) is 2.04. The van der Waals surface area contributed by atoms with Crippen LogP contribution in [0.15, 0.2) is 18.5 Å². The maximum absolute atomic E-state index is 4.13. The van der Waals surface area contributed by atoms with Crippen molar-refractivity contribution in [2.45, 2.75) is 31.1 Å². The van der Waals surface area contributed by atoms with Crippen LogP contribution in [0.5, 0.6) is 0 Å². The fraction of sp³-hybridized carbons (Fsp3) is 0.700. The zero-order valence-electron chi connectivity index (χ0n) is 8.62. The third-order valence-corrected chi connectivity index (χ3v) is 3.26. The van der Waals surface area contributed by atoms with Gasteiger partial charge in [-0.2, -0.15) is 5.10 Å². The molecule has 1 atom stereocenters. The highest BCUT2D eigenvalue weighted by Gasteiger charge is 1.98. The van der Waals surface area contributed by atoms with Crippen molar-refractivity contribution < 1.29 is 0 Å². The van der Waals surface area contributed by atoms with E-state index in [0.717, 1.165) is 19.6 Å². The van der Waals surface area contributed by atoms with Gasteiger partial charge in [-0.3, -0.25) is 4.68 Å². The highest BCUT2D eigenvalue weighted by molar-refractivity contribution is 9.09. The lowest BCUT2D eigenvalue weighted by Crippen LogP contribution is -2.22. The molecule has 4 heteroatoms. The van der Waals surface area contributed by atoms with Crippen molar-refractivity contribution in [3.63, 3.8) is 0 Å². The molecule has 1 aromatic heterocycles. The van der Waals surface area contributed by atoms with Gasteiger partial charge in [-0.1, -0.05) is 22.9 Å². The maximum Gasteiger partial charge on any atom is 0.0533 e. The summed E-state index contributed by atoms with van der Waals surface area (Å²) in [6.07, 6.45) is 6.18. The molecule has 1 N–H and O–H groups in total. The largest absolute Gasteiger partial charge is 0.315 e. The Hall–Kier alpha value is -0.350. The summed E-state index contributed by atoms with van der Waals surface area (Å²) in [5.74, 6) is 0. The minimum Gasteiger partial charge on any atom is -0.315 e. The summed E-state index contributed by atoms with van der Waals surface area (Å²) in [5, 5.41) is 7.53. The molecule has 3 nitrogen and oxygen atoms in total. The second-order valence-corrected chi connectivity index (χ2v) is 4.61. The van der Waals surface area contributed by atoms with E-state index in [2.05, 4.69) is 33.3 Å². The Balaban J connectivity index is 1.95. The number of aromatic nitrogens is 2. The van der Waals surface area contributed by atoms with E-state index in [1.807, 2.05) is 23.1 Å². The molecular weight excluding hydrogens is 242 g/mol. The first-order valence-electron chi connectivity index (χ1n) is 5.15. The number of hydrogen-bond acceptors (Lipinski definition) is 2. The van der Waals surface area contributed by atoms with Crippen molar-refractivity contribution in [1.29, 1.82) is 0 Å². The van der Waals surface area contributed by atoms with E-state index in [4.69, 9.17) is 0 Å². The highest BCUT2D eigenvalue weighted by atomic mass is 79.9. The third kappa shape index (κ3) is 4.77. The zero-order chi connectivity index (χ0) is 10.2. The Morgan fingerprint density at radius 3 is 3.00 bits per heavy atom. The minimum atomic E-state index is 0.653. The SMILES string of the molecule is CCC(Br)CCNCCn1cccn1. The van der Waals surface area contributed by atoms with Gasteiger partial charge < -0.3 is 5.32 Å². The van der Waals surface area contributed by atoms with Crippen LogP contribution in [0, 0.1) is 0 Å². The fourth-order valence-electron chi connectivity index (χ4n) is 1.21. The van der Waals surface area contributed by atoms with Crippen LogP contribution < -0.4 is 5.32 Å². The lowest BCUT2D eigenvalue weighted by atomic mass is 10.2. The average Bonchev–Trinajstić information content (AvgIpc) is 2.69. The molecular formula is C10H18BrN3. The monoisotopic (exact) mass is 259 g/mol. The molecule has 0 amide bonds. The van der Waals surface area contributed by atoms with Crippen LogP contribution in [0.25, 0.3) is 0 Å². The summed E-state index contributed by atoms with van der Waals surface area (Å²) >= 11 is 3.61. The molecule has 80 valence electrons. The van der Waals surface area contributed by atoms with Gasteiger partial charge in [-0.25, -0.2) is 0 Å². The Labute approximate surface area is 94.0 Å². The number of alkyl halides is 1. The fourth-order valence-corrected chi connectivity index (χ4v) is 1.44. The molecule has 0 radical (unpaired) electrons. The van der Waals surface area contributed by atoms with Crippen molar-refractivity contribution in [3.05, 3.63) is 18.5 Å². The van der Waals surface area contributed by atoms with E-state index < -0.39 is 0 Å². The maximum atomic E-state index is 4.13. The molecule has 1 aromatic rings. The first kappa shape index (κ1) is 11.7. The molecule has 0 fully saturated rings. The van der Waals surface area contributed by atoms with Crippen LogP contribution >= 0.6 is 15.9 Å². The second-order valence-electron chi connectivity index (χ2n) is 3.31. The molecule has 0 saturated carbocycles. The molecule has 14 heavy (non-hydrogen) atoms. The Kier molecular flexibility index (Phi) is 5.87. The molecule has 0 saturated heterocycles. The highest BCUT2D eigenvalue weighted by Crippen LogP contribution is 2.07. The minimum absolute atomic E-state index is 0.653. The molecule has 1 heterocycles. The molecule has 0 aromatic carbocycles. The van der Waals surface area contributed by atoms with Gasteiger partial charge in [-0.15, -0.1) is 0 Å². The van der Waals surface area contributed by atoms with E-state index in [1.165, 1.54) is 12.8 Å². The molecule has 0 aliphatic carbocycles. The van der Waals surface area contributed by atoms with Crippen LogP contribution in [-0.2, 0) is 6.54 Å². The van der Waals surface area contributed by atoms with E-state index in [-0.39, 0.29) is 0 Å². The van der Waals surface area contributed by atoms with Gasteiger partial charge >= 0.3 is 0 Å². The van der Waals surface area contributed by atoms with Gasteiger partial charge in [-0.05, 0) is 25.5 Å². The smallest absolute Gasteiger partial charge is 0.0533 e. The summed E-state index contributed by atoms with van der Waals surface area (Å²) in [6, 6.07) is 1.95. The van der Waals surface area contributed by atoms with Crippen LogP contribution in [0.4, 0.5) is 0 Å². The van der Waals surface area contributed by atoms with Gasteiger partial charge in [0.25, 0.3) is 0 Å². The van der Waals surface area contributed by atoms with Crippen LogP contribution in [0.2, 0.25) is 0 Å². The molecule has 0 spiro atoms. The van der Waals surface area contributed by atoms with Gasteiger partial charge in [0.2, 0.25) is 0 Å². The quantitative estimate of drug-likeness (QED) is 0.600. The summed E-state index contributed by atoms with van der Waals surface area (Å²) < 4.78 is 1.94. The van der Waals surface area contributed by atoms with Crippen LogP contribution in [0.1, 0.15) is 19.8 Å². The Morgan fingerprint density at radius 1 is 1.50 bits per heavy atom. The standard InChI is InChI=1S/C10H18BrN3/c1-2-10(11)4-6-12-7-9-14-8-3-5-13-14/h3,5,8,10,12H,2,4,6-7,9H2,1H3. The lowest BCUT2D eigenvalue weighted by Gasteiger charge is -2.07. The van der Waals surface area contributed by atoms with E-state index in [9.17, 15) is 0 Å². The second kappa shape index (κ2) is 7.01. The summed E-state index contributed by atoms with van der Waals surface area (Å²) in [5.41, 5.74) is 0. The number of halogens is 1. The number of rotatable bonds is 7. The molecule has 0 aliphatic rings. The van der Waals surface area contributed by atoms with E-state index in [1.54, 1.807) is 0 Å². The first-order valence-corrected chi connectivity index (χ1v) is 6.06. The third-order valence-electron chi connectivity index (χ3n) is 2.15. The van der Waals surface area contributed by atoms with Gasteiger partial charge in [0.1, 0.15) is 0 Å². The van der Waals surface area contributed by atoms with Crippen LogP contribution in [0.3, 0.4) is 0 Å². The molecule has 0 aliphatic heterocycles. The van der Waals surface area contributed by atoms with Gasteiger partial charge in [0.15, 0.2) is 0 Å². The summed E-state index contributed by atoms with van der Waals surface area (Å²) in [7, 11) is 0. The number of nitrogens with one attached hydrogen (secondary N) is 1. The van der Waals surface area contributed by atoms with Crippen LogP contribution in [-0.4, -0.2) is 27.7 Å². The van der Waals surface area contributed by atoms with E-state index >= 15 is 0 Å².